The van der Waals surface area contributed by atoms with Crippen molar-refractivity contribution >= 4 is 17.0 Å². The van der Waals surface area contributed by atoms with E-state index in [-0.39, 0.29) is 5.91 Å². The van der Waals surface area contributed by atoms with Gasteiger partial charge < -0.3 is 9.73 Å². The molecule has 3 rings (SSSR count). The summed E-state index contributed by atoms with van der Waals surface area (Å²) >= 11 is 0. The van der Waals surface area contributed by atoms with E-state index in [9.17, 15) is 4.79 Å². The van der Waals surface area contributed by atoms with Gasteiger partial charge in [0.25, 0.3) is 0 Å². The molecule has 1 heterocycles. The van der Waals surface area contributed by atoms with Crippen molar-refractivity contribution in [1.29, 1.82) is 0 Å². The first-order valence-corrected chi connectivity index (χ1v) is 7.37. The van der Waals surface area contributed by atoms with Crippen LogP contribution in [0.2, 0.25) is 0 Å². The summed E-state index contributed by atoms with van der Waals surface area (Å²) in [7, 11) is 0. The lowest BCUT2D eigenvalue weighted by Crippen LogP contribution is -2.27. The van der Waals surface area contributed by atoms with Crippen LogP contribution in [-0.4, -0.2) is 17.4 Å². The van der Waals surface area contributed by atoms with E-state index >= 15 is 0 Å². The summed E-state index contributed by atoms with van der Waals surface area (Å²) < 4.78 is 5.52. The van der Waals surface area contributed by atoms with E-state index in [0.29, 0.717) is 18.9 Å². The van der Waals surface area contributed by atoms with Gasteiger partial charge in [-0.2, -0.15) is 0 Å². The summed E-state index contributed by atoms with van der Waals surface area (Å²) in [6.45, 7) is 2.45. The molecule has 0 fully saturated rings. The summed E-state index contributed by atoms with van der Waals surface area (Å²) in [4.78, 5) is 16.2. The van der Waals surface area contributed by atoms with E-state index in [1.165, 1.54) is 0 Å². The minimum Gasteiger partial charge on any atom is -0.441 e. The number of nitrogens with zero attached hydrogens (tertiary/aromatic N) is 1. The summed E-state index contributed by atoms with van der Waals surface area (Å²) in [5.74, 6) is 0.714. The highest BCUT2D eigenvalue weighted by atomic mass is 16.3. The Morgan fingerprint density at radius 2 is 1.95 bits per heavy atom. The van der Waals surface area contributed by atoms with Crippen LogP contribution in [0.4, 0.5) is 0 Å². The molecule has 112 valence electrons. The molecule has 3 aromatic rings. The Labute approximate surface area is 129 Å². The fraction of sp³-hybridized carbons (Fsp3) is 0.222. The van der Waals surface area contributed by atoms with Crippen LogP contribution < -0.4 is 5.32 Å². The zero-order valence-electron chi connectivity index (χ0n) is 12.5. The normalized spacial score (nSPS) is 10.8. The Morgan fingerprint density at radius 1 is 1.14 bits per heavy atom. The Kier molecular flexibility index (Phi) is 4.19. The van der Waals surface area contributed by atoms with E-state index in [1.807, 2.05) is 55.5 Å². The topological polar surface area (TPSA) is 55.1 Å². The quantitative estimate of drug-likeness (QED) is 0.787. The summed E-state index contributed by atoms with van der Waals surface area (Å²) in [5, 5.41) is 2.95. The second-order valence-corrected chi connectivity index (χ2v) is 5.30. The van der Waals surface area contributed by atoms with Gasteiger partial charge >= 0.3 is 0 Å². The van der Waals surface area contributed by atoms with Crippen molar-refractivity contribution in [2.24, 2.45) is 0 Å². The van der Waals surface area contributed by atoms with Crippen molar-refractivity contribution in [2.75, 3.05) is 6.54 Å². The highest BCUT2D eigenvalue weighted by Crippen LogP contribution is 2.16. The molecule has 0 saturated heterocycles. The Hall–Kier alpha value is -2.62. The molecule has 1 aromatic heterocycles. The fourth-order valence-electron chi connectivity index (χ4n) is 2.43. The minimum atomic E-state index is 0.0442. The number of amides is 1. The number of fused-ring (bicyclic) bond motifs is 1. The Morgan fingerprint density at radius 3 is 2.77 bits per heavy atom. The minimum absolute atomic E-state index is 0.0442. The van der Waals surface area contributed by atoms with Crippen LogP contribution in [0.1, 0.15) is 17.0 Å². The van der Waals surface area contributed by atoms with E-state index < -0.39 is 0 Å². The van der Waals surface area contributed by atoms with Crippen molar-refractivity contribution in [2.45, 2.75) is 19.8 Å². The first-order chi connectivity index (χ1) is 10.7. The second-order valence-electron chi connectivity index (χ2n) is 5.30. The van der Waals surface area contributed by atoms with E-state index in [1.54, 1.807) is 0 Å². The molecule has 22 heavy (non-hydrogen) atoms. The number of hydrogen-bond acceptors (Lipinski definition) is 3. The molecular weight excluding hydrogens is 276 g/mol. The predicted molar refractivity (Wildman–Crippen MR) is 85.6 cm³/mol. The smallest absolute Gasteiger partial charge is 0.224 e. The van der Waals surface area contributed by atoms with Gasteiger partial charge in [-0.15, -0.1) is 0 Å². The SMILES string of the molecule is Cc1nc2ccc(CCNC(=O)Cc3ccccc3)cc2o1. The summed E-state index contributed by atoms with van der Waals surface area (Å²) in [6, 6.07) is 15.7. The third-order valence-corrected chi connectivity index (χ3v) is 3.50. The number of aryl methyl sites for hydroxylation is 1. The van der Waals surface area contributed by atoms with Gasteiger partial charge in [-0.25, -0.2) is 4.98 Å². The number of carbonyl (C=O) groups is 1. The molecule has 0 unspecified atom stereocenters. The van der Waals surface area contributed by atoms with Crippen LogP contribution in [0.25, 0.3) is 11.1 Å². The monoisotopic (exact) mass is 294 g/mol. The molecule has 0 atom stereocenters. The Bertz CT molecular complexity index is 778. The highest BCUT2D eigenvalue weighted by molar-refractivity contribution is 5.78. The van der Waals surface area contributed by atoms with Gasteiger partial charge in [0.2, 0.25) is 5.91 Å². The van der Waals surface area contributed by atoms with Gasteiger partial charge in [0, 0.05) is 13.5 Å². The van der Waals surface area contributed by atoms with Crippen molar-refractivity contribution in [3.8, 4) is 0 Å². The van der Waals surface area contributed by atoms with E-state index in [4.69, 9.17) is 4.42 Å². The molecule has 0 radical (unpaired) electrons. The molecule has 4 heteroatoms. The number of nitrogens with one attached hydrogen (secondary N) is 1. The highest BCUT2D eigenvalue weighted by Gasteiger charge is 2.05. The molecular formula is C18H18N2O2. The molecule has 1 N–H and O–H groups in total. The molecule has 0 aliphatic rings. The molecule has 0 spiro atoms. The zero-order valence-corrected chi connectivity index (χ0v) is 12.5. The zero-order chi connectivity index (χ0) is 15.4. The number of rotatable bonds is 5. The lowest BCUT2D eigenvalue weighted by molar-refractivity contribution is -0.120. The molecule has 0 bridgehead atoms. The molecule has 0 aliphatic heterocycles. The van der Waals surface area contributed by atoms with E-state index in [2.05, 4.69) is 10.3 Å². The number of oxazole rings is 1. The van der Waals surface area contributed by atoms with Crippen molar-refractivity contribution in [3.63, 3.8) is 0 Å². The maximum atomic E-state index is 11.9. The standard InChI is InChI=1S/C18H18N2O2/c1-13-20-16-8-7-15(11-17(16)22-13)9-10-19-18(21)12-14-5-3-2-4-6-14/h2-8,11H,9-10,12H2,1H3,(H,19,21). The number of carbonyl (C=O) groups excluding carboxylic acids is 1. The van der Waals surface area contributed by atoms with Gasteiger partial charge in [-0.05, 0) is 29.7 Å². The molecule has 2 aromatic carbocycles. The number of hydrogen-bond donors (Lipinski definition) is 1. The third-order valence-electron chi connectivity index (χ3n) is 3.50. The van der Waals surface area contributed by atoms with Crippen LogP contribution in [0.15, 0.2) is 52.9 Å². The molecule has 0 saturated carbocycles. The fourth-order valence-corrected chi connectivity index (χ4v) is 2.43. The maximum Gasteiger partial charge on any atom is 0.224 e. The maximum absolute atomic E-state index is 11.9. The first-order valence-electron chi connectivity index (χ1n) is 7.37. The van der Waals surface area contributed by atoms with Crippen molar-refractivity contribution in [1.82, 2.24) is 10.3 Å². The lowest BCUT2D eigenvalue weighted by Gasteiger charge is -2.05. The average Bonchev–Trinajstić information content (AvgIpc) is 2.87. The van der Waals surface area contributed by atoms with Crippen molar-refractivity contribution < 1.29 is 9.21 Å². The largest absolute Gasteiger partial charge is 0.441 e. The second kappa shape index (κ2) is 6.43. The van der Waals surface area contributed by atoms with Gasteiger partial charge in [0.1, 0.15) is 5.52 Å². The number of benzene rings is 2. The van der Waals surface area contributed by atoms with Gasteiger partial charge in [0.05, 0.1) is 6.42 Å². The Balaban J connectivity index is 1.52. The van der Waals surface area contributed by atoms with Crippen LogP contribution in [0.5, 0.6) is 0 Å². The van der Waals surface area contributed by atoms with Crippen LogP contribution >= 0.6 is 0 Å². The van der Waals surface area contributed by atoms with Gasteiger partial charge in [-0.1, -0.05) is 36.4 Å². The van der Waals surface area contributed by atoms with Crippen LogP contribution in [0, 0.1) is 6.92 Å². The van der Waals surface area contributed by atoms with Gasteiger partial charge in [0.15, 0.2) is 11.5 Å². The first kappa shape index (κ1) is 14.3. The predicted octanol–water partition coefficient (Wildman–Crippen LogP) is 3.04. The third kappa shape index (κ3) is 3.52. The average molecular weight is 294 g/mol. The molecule has 4 nitrogen and oxygen atoms in total. The van der Waals surface area contributed by atoms with E-state index in [0.717, 1.165) is 28.6 Å². The molecule has 1 amide bonds. The molecule has 0 aliphatic carbocycles. The van der Waals surface area contributed by atoms with Crippen LogP contribution in [-0.2, 0) is 17.6 Å². The van der Waals surface area contributed by atoms with Crippen LogP contribution in [0.3, 0.4) is 0 Å². The summed E-state index contributed by atoms with van der Waals surface area (Å²) in [6.07, 6.45) is 1.19. The number of aromatic nitrogens is 1. The lowest BCUT2D eigenvalue weighted by atomic mass is 10.1. The summed E-state index contributed by atoms with van der Waals surface area (Å²) in [5.41, 5.74) is 3.82. The van der Waals surface area contributed by atoms with Crippen molar-refractivity contribution in [3.05, 3.63) is 65.5 Å². The van der Waals surface area contributed by atoms with Gasteiger partial charge in [-0.3, -0.25) is 4.79 Å².